The highest BCUT2D eigenvalue weighted by atomic mass is 32.2. The molecule has 0 fully saturated rings. The first-order valence-electron chi connectivity index (χ1n) is 7.94. The smallest absolute Gasteiger partial charge is 0.264 e. The fourth-order valence-corrected chi connectivity index (χ4v) is 4.21. The number of hydrogen-bond donors (Lipinski definition) is 1. The Labute approximate surface area is 150 Å². The zero-order valence-corrected chi connectivity index (χ0v) is 15.1. The van der Waals surface area contributed by atoms with Crippen LogP contribution in [0.4, 0.5) is 4.39 Å². The van der Waals surface area contributed by atoms with Gasteiger partial charge in [-0.2, -0.15) is 0 Å². The lowest BCUT2D eigenvalue weighted by atomic mass is 10.1. The van der Waals surface area contributed by atoms with Gasteiger partial charge < -0.3 is 0 Å². The summed E-state index contributed by atoms with van der Waals surface area (Å²) in [6.45, 7) is 3.12. The highest BCUT2D eigenvalue weighted by Crippen LogP contribution is 2.25. The summed E-state index contributed by atoms with van der Waals surface area (Å²) in [6.07, 6.45) is 0. The van der Waals surface area contributed by atoms with Gasteiger partial charge in [-0.15, -0.1) is 0 Å². The monoisotopic (exact) mass is 376 g/mol. The van der Waals surface area contributed by atoms with Crippen molar-refractivity contribution in [2.24, 2.45) is 0 Å². The molecule has 1 N–H and O–H groups in total. The van der Waals surface area contributed by atoms with Gasteiger partial charge >= 0.3 is 0 Å². The maximum Gasteiger partial charge on any atom is 0.264 e. The number of sulfonamides is 1. The summed E-state index contributed by atoms with van der Waals surface area (Å²) in [5, 5.41) is 0. The van der Waals surface area contributed by atoms with Crippen molar-refractivity contribution >= 4 is 21.8 Å². The largest absolute Gasteiger partial charge is 0.273 e. The standard InChI is InChI=1S/C18H17FN2O4S/c1-11-6-7-12(2)15(10-11)26(24,25)20-8-9-21-17(22)13-4-3-5-14(19)16(13)18(21)23/h3-7,10,20H,8-9H2,1-2H3. The van der Waals surface area contributed by atoms with Crippen molar-refractivity contribution in [1.82, 2.24) is 9.62 Å². The number of hydrogen-bond acceptors (Lipinski definition) is 4. The lowest BCUT2D eigenvalue weighted by Gasteiger charge is -2.15. The molecule has 8 heteroatoms. The van der Waals surface area contributed by atoms with Gasteiger partial charge in [0.2, 0.25) is 10.0 Å². The fourth-order valence-electron chi connectivity index (χ4n) is 2.86. The number of nitrogens with one attached hydrogen (secondary N) is 1. The van der Waals surface area contributed by atoms with Gasteiger partial charge in [-0.1, -0.05) is 18.2 Å². The number of halogens is 1. The van der Waals surface area contributed by atoms with Crippen LogP contribution in [0, 0.1) is 19.7 Å². The van der Waals surface area contributed by atoms with Gasteiger partial charge in [0.1, 0.15) is 5.82 Å². The summed E-state index contributed by atoms with van der Waals surface area (Å²) >= 11 is 0. The average Bonchev–Trinajstić information content (AvgIpc) is 2.82. The predicted octanol–water partition coefficient (Wildman–Crippen LogP) is 2.02. The minimum atomic E-state index is -3.79. The first kappa shape index (κ1) is 18.2. The van der Waals surface area contributed by atoms with E-state index in [4.69, 9.17) is 0 Å². The second-order valence-corrected chi connectivity index (χ2v) is 7.83. The molecule has 6 nitrogen and oxygen atoms in total. The normalized spacial score (nSPS) is 14.0. The van der Waals surface area contributed by atoms with Crippen molar-refractivity contribution in [1.29, 1.82) is 0 Å². The van der Waals surface area contributed by atoms with E-state index in [1.54, 1.807) is 26.0 Å². The van der Waals surface area contributed by atoms with Gasteiger partial charge in [-0.25, -0.2) is 17.5 Å². The first-order chi connectivity index (χ1) is 12.2. The Kier molecular flexibility index (Phi) is 4.64. The van der Waals surface area contributed by atoms with Crippen molar-refractivity contribution in [2.45, 2.75) is 18.7 Å². The molecule has 2 aromatic carbocycles. The molecular formula is C18H17FN2O4S. The number of fused-ring (bicyclic) bond motifs is 1. The quantitative estimate of drug-likeness (QED) is 0.810. The van der Waals surface area contributed by atoms with Crippen molar-refractivity contribution in [3.8, 4) is 0 Å². The van der Waals surface area contributed by atoms with Crippen LogP contribution < -0.4 is 4.72 Å². The Morgan fingerprint density at radius 1 is 1.08 bits per heavy atom. The first-order valence-corrected chi connectivity index (χ1v) is 9.42. The lowest BCUT2D eigenvalue weighted by molar-refractivity contribution is 0.0656. The molecule has 0 bridgehead atoms. The van der Waals surface area contributed by atoms with Crippen LogP contribution in [0.15, 0.2) is 41.3 Å². The topological polar surface area (TPSA) is 83.6 Å². The molecule has 0 aromatic heterocycles. The van der Waals surface area contributed by atoms with E-state index in [2.05, 4.69) is 4.72 Å². The molecule has 0 spiro atoms. The highest BCUT2D eigenvalue weighted by Gasteiger charge is 2.37. The van der Waals surface area contributed by atoms with Gasteiger partial charge in [0, 0.05) is 13.1 Å². The number of imide groups is 1. The van der Waals surface area contributed by atoms with E-state index < -0.39 is 27.7 Å². The number of amides is 2. The third-order valence-electron chi connectivity index (χ3n) is 4.21. The number of aryl methyl sites for hydroxylation is 2. The maximum atomic E-state index is 13.8. The van der Waals surface area contributed by atoms with Crippen LogP contribution in [0.25, 0.3) is 0 Å². The number of carbonyl (C=O) groups is 2. The van der Waals surface area contributed by atoms with E-state index in [-0.39, 0.29) is 29.1 Å². The Balaban J connectivity index is 1.73. The van der Waals surface area contributed by atoms with Crippen LogP contribution in [-0.4, -0.2) is 38.2 Å². The van der Waals surface area contributed by atoms with E-state index in [9.17, 15) is 22.4 Å². The summed E-state index contributed by atoms with van der Waals surface area (Å²) in [4.78, 5) is 25.5. The van der Waals surface area contributed by atoms with Crippen molar-refractivity contribution in [3.05, 3.63) is 64.5 Å². The number of benzene rings is 2. The van der Waals surface area contributed by atoms with Gasteiger partial charge in [-0.3, -0.25) is 14.5 Å². The van der Waals surface area contributed by atoms with Crippen molar-refractivity contribution in [3.63, 3.8) is 0 Å². The van der Waals surface area contributed by atoms with E-state index in [0.29, 0.717) is 5.56 Å². The minimum Gasteiger partial charge on any atom is -0.273 e. The fraction of sp³-hybridized carbons (Fsp3) is 0.222. The van der Waals surface area contributed by atoms with E-state index in [0.717, 1.165) is 16.5 Å². The van der Waals surface area contributed by atoms with Crippen molar-refractivity contribution < 1.29 is 22.4 Å². The molecule has 26 heavy (non-hydrogen) atoms. The van der Waals surface area contributed by atoms with E-state index >= 15 is 0 Å². The van der Waals surface area contributed by atoms with Crippen LogP contribution >= 0.6 is 0 Å². The molecule has 0 saturated carbocycles. The number of rotatable bonds is 5. The molecule has 0 atom stereocenters. The summed E-state index contributed by atoms with van der Waals surface area (Å²) in [5.41, 5.74) is 1.11. The minimum absolute atomic E-state index is 0.00705. The molecular weight excluding hydrogens is 359 g/mol. The SMILES string of the molecule is Cc1ccc(C)c(S(=O)(=O)NCCN2C(=O)c3cccc(F)c3C2=O)c1. The average molecular weight is 376 g/mol. The van der Waals surface area contributed by atoms with Crippen LogP contribution in [0.2, 0.25) is 0 Å². The lowest BCUT2D eigenvalue weighted by Crippen LogP contribution is -2.38. The third kappa shape index (κ3) is 3.13. The summed E-state index contributed by atoms with van der Waals surface area (Å²) in [7, 11) is -3.79. The van der Waals surface area contributed by atoms with Crippen LogP contribution in [0.5, 0.6) is 0 Å². The van der Waals surface area contributed by atoms with Crippen molar-refractivity contribution in [2.75, 3.05) is 13.1 Å². The molecule has 2 aromatic rings. The Bertz CT molecular complexity index is 1020. The van der Waals surface area contributed by atoms with Gasteiger partial charge in [0.25, 0.3) is 11.8 Å². The Hall–Kier alpha value is -2.58. The van der Waals surface area contributed by atoms with Crippen LogP contribution in [0.1, 0.15) is 31.8 Å². The zero-order chi connectivity index (χ0) is 19.1. The second-order valence-electron chi connectivity index (χ2n) is 6.09. The molecule has 0 saturated heterocycles. The molecule has 0 aliphatic carbocycles. The molecule has 3 rings (SSSR count). The maximum absolute atomic E-state index is 13.8. The predicted molar refractivity (Wildman–Crippen MR) is 92.9 cm³/mol. The van der Waals surface area contributed by atoms with E-state index in [1.807, 2.05) is 6.07 Å². The van der Waals surface area contributed by atoms with Crippen LogP contribution in [-0.2, 0) is 10.0 Å². The number of nitrogens with zero attached hydrogens (tertiary/aromatic N) is 1. The molecule has 0 unspecified atom stereocenters. The van der Waals surface area contributed by atoms with Crippen LogP contribution in [0.3, 0.4) is 0 Å². The molecule has 1 aliphatic heterocycles. The molecule has 1 aliphatic rings. The van der Waals surface area contributed by atoms with E-state index in [1.165, 1.54) is 12.1 Å². The second kappa shape index (κ2) is 6.62. The molecule has 1 heterocycles. The number of carbonyl (C=O) groups excluding carboxylic acids is 2. The Morgan fingerprint density at radius 2 is 1.81 bits per heavy atom. The van der Waals surface area contributed by atoms with Gasteiger partial charge in [0.15, 0.2) is 0 Å². The third-order valence-corrected chi connectivity index (χ3v) is 5.81. The summed E-state index contributed by atoms with van der Waals surface area (Å²) < 4.78 is 41.1. The molecule has 2 amide bonds. The summed E-state index contributed by atoms with van der Waals surface area (Å²) in [5.74, 6) is -2.15. The van der Waals surface area contributed by atoms with Gasteiger partial charge in [0.05, 0.1) is 16.0 Å². The molecule has 0 radical (unpaired) electrons. The zero-order valence-electron chi connectivity index (χ0n) is 14.2. The highest BCUT2D eigenvalue weighted by molar-refractivity contribution is 7.89. The molecule has 136 valence electrons. The van der Waals surface area contributed by atoms with Gasteiger partial charge in [-0.05, 0) is 43.2 Å². The summed E-state index contributed by atoms with van der Waals surface area (Å²) in [6, 6.07) is 8.90. The Morgan fingerprint density at radius 3 is 2.50 bits per heavy atom.